The highest BCUT2D eigenvalue weighted by molar-refractivity contribution is 5.95. The molecule has 0 aliphatic rings. The van der Waals surface area contributed by atoms with Crippen molar-refractivity contribution in [2.45, 2.75) is 64.2 Å². The first-order chi connectivity index (χ1) is 16.9. The first kappa shape index (κ1) is 28.3. The number of carboxylic acids is 2. The van der Waals surface area contributed by atoms with Crippen LogP contribution in [0.3, 0.4) is 0 Å². The summed E-state index contributed by atoms with van der Waals surface area (Å²) in [4.78, 5) is 64.2. The average Bonchev–Trinajstić information content (AvgIpc) is 3.23. The third-order valence-corrected chi connectivity index (χ3v) is 5.93. The smallest absolute Gasteiger partial charge is 0.326 e. The molecule has 0 fully saturated rings. The van der Waals surface area contributed by atoms with Crippen molar-refractivity contribution < 1.29 is 34.2 Å². The fourth-order valence-electron chi connectivity index (χ4n) is 3.62. The van der Waals surface area contributed by atoms with Crippen LogP contribution in [0, 0.1) is 5.92 Å². The molecule has 0 saturated carbocycles. The number of carboxylic acid groups (broad SMARTS) is 2. The van der Waals surface area contributed by atoms with Crippen molar-refractivity contribution in [1.82, 2.24) is 20.9 Å². The Morgan fingerprint density at radius 2 is 1.58 bits per heavy atom. The highest BCUT2D eigenvalue weighted by Gasteiger charge is 2.33. The maximum Gasteiger partial charge on any atom is 0.326 e. The molecule has 1 aromatic heterocycles. The number of aromatic amines is 1. The van der Waals surface area contributed by atoms with Crippen LogP contribution in [0.2, 0.25) is 0 Å². The summed E-state index contributed by atoms with van der Waals surface area (Å²) in [5, 5.41) is 26.6. The minimum Gasteiger partial charge on any atom is -0.481 e. The van der Waals surface area contributed by atoms with E-state index in [2.05, 4.69) is 20.9 Å². The summed E-state index contributed by atoms with van der Waals surface area (Å²) >= 11 is 0. The minimum atomic E-state index is -1.69. The molecule has 12 nitrogen and oxygen atoms in total. The Balaban J connectivity index is 2.36. The second-order valence-corrected chi connectivity index (χ2v) is 8.78. The Bertz CT molecular complexity index is 1110. The van der Waals surface area contributed by atoms with Crippen LogP contribution in [0.1, 0.15) is 39.2 Å². The van der Waals surface area contributed by atoms with Gasteiger partial charge in [0, 0.05) is 23.5 Å². The molecule has 5 atom stereocenters. The van der Waals surface area contributed by atoms with Crippen LogP contribution in [-0.2, 0) is 30.4 Å². The number of carbonyl (C=O) groups excluding carboxylic acids is 3. The van der Waals surface area contributed by atoms with Crippen LogP contribution < -0.4 is 21.7 Å². The first-order valence-corrected chi connectivity index (χ1v) is 11.6. The summed E-state index contributed by atoms with van der Waals surface area (Å²) in [5.74, 6) is -5.30. The van der Waals surface area contributed by atoms with E-state index in [1.807, 2.05) is 31.2 Å². The van der Waals surface area contributed by atoms with Gasteiger partial charge in [-0.05, 0) is 24.5 Å². The van der Waals surface area contributed by atoms with E-state index in [1.54, 1.807) is 13.1 Å². The lowest BCUT2D eigenvalue weighted by molar-refractivity contribution is -0.147. The van der Waals surface area contributed by atoms with E-state index in [0.717, 1.165) is 10.9 Å². The van der Waals surface area contributed by atoms with Crippen molar-refractivity contribution in [1.29, 1.82) is 0 Å². The van der Waals surface area contributed by atoms with Gasteiger partial charge in [0.25, 0.3) is 0 Å². The fourth-order valence-corrected chi connectivity index (χ4v) is 3.62. The van der Waals surface area contributed by atoms with Gasteiger partial charge in [0.05, 0.1) is 12.5 Å². The molecule has 196 valence electrons. The van der Waals surface area contributed by atoms with Gasteiger partial charge in [-0.25, -0.2) is 4.79 Å². The van der Waals surface area contributed by atoms with Crippen LogP contribution in [0.15, 0.2) is 30.5 Å². The number of aromatic nitrogens is 1. The zero-order chi connectivity index (χ0) is 27.0. The van der Waals surface area contributed by atoms with Crippen molar-refractivity contribution in [2.75, 3.05) is 0 Å². The summed E-state index contributed by atoms with van der Waals surface area (Å²) < 4.78 is 0. The van der Waals surface area contributed by atoms with Gasteiger partial charge in [0.15, 0.2) is 0 Å². The van der Waals surface area contributed by atoms with Crippen LogP contribution in [0.5, 0.6) is 0 Å². The number of aliphatic carboxylic acids is 2. The summed E-state index contributed by atoms with van der Waals surface area (Å²) in [6.07, 6.45) is 1.35. The standard InChI is InChI=1S/C24H33N5O7/c1-4-12(2)20(29-21(32)13(3)25)23(34)27-17(22(33)28-18(24(35)36)10-19(30)31)9-14-11-26-16-8-6-5-7-15(14)16/h5-8,11-13,17-18,20,26H,4,9-10,25H2,1-3H3,(H,27,34)(H,28,33)(H,29,32)(H,30,31)(H,35,36). The van der Waals surface area contributed by atoms with Gasteiger partial charge in [-0.3, -0.25) is 19.2 Å². The zero-order valence-electron chi connectivity index (χ0n) is 20.4. The van der Waals surface area contributed by atoms with E-state index in [-0.39, 0.29) is 12.3 Å². The molecule has 0 aliphatic heterocycles. The molecule has 1 heterocycles. The number of carbonyl (C=O) groups is 5. The van der Waals surface area contributed by atoms with E-state index in [0.29, 0.717) is 12.0 Å². The molecule has 0 aliphatic carbocycles. The van der Waals surface area contributed by atoms with Crippen molar-refractivity contribution in [3.05, 3.63) is 36.0 Å². The highest BCUT2D eigenvalue weighted by atomic mass is 16.4. The van der Waals surface area contributed by atoms with Crippen LogP contribution >= 0.6 is 0 Å². The summed E-state index contributed by atoms with van der Waals surface area (Å²) in [6, 6.07) is 2.49. The third kappa shape index (κ3) is 7.54. The number of benzene rings is 1. The molecule has 12 heteroatoms. The number of hydrogen-bond donors (Lipinski definition) is 7. The van der Waals surface area contributed by atoms with Crippen molar-refractivity contribution in [3.63, 3.8) is 0 Å². The summed E-state index contributed by atoms with van der Waals surface area (Å²) in [5.41, 5.74) is 7.10. The van der Waals surface area contributed by atoms with Gasteiger partial charge >= 0.3 is 11.9 Å². The van der Waals surface area contributed by atoms with Gasteiger partial charge in [0.1, 0.15) is 18.1 Å². The number of H-pyrrole nitrogens is 1. The minimum absolute atomic E-state index is 0.0184. The number of rotatable bonds is 13. The molecule has 8 N–H and O–H groups in total. The van der Waals surface area contributed by atoms with Crippen LogP contribution in [-0.4, -0.2) is 69.0 Å². The molecule has 1 aromatic carbocycles. The fraction of sp³-hybridized carbons (Fsp3) is 0.458. The molecular weight excluding hydrogens is 470 g/mol. The van der Waals surface area contributed by atoms with E-state index < -0.39 is 60.2 Å². The number of nitrogens with one attached hydrogen (secondary N) is 4. The lowest BCUT2D eigenvalue weighted by Crippen LogP contribution is -2.59. The van der Waals surface area contributed by atoms with Gasteiger partial charge in [-0.15, -0.1) is 0 Å². The molecule has 0 spiro atoms. The first-order valence-electron chi connectivity index (χ1n) is 11.6. The second kappa shape index (κ2) is 12.7. The maximum atomic E-state index is 13.2. The van der Waals surface area contributed by atoms with E-state index in [9.17, 15) is 29.1 Å². The Hall–Kier alpha value is -3.93. The molecular formula is C24H33N5O7. The lowest BCUT2D eigenvalue weighted by atomic mass is 9.96. The van der Waals surface area contributed by atoms with E-state index in [1.165, 1.54) is 6.92 Å². The summed E-state index contributed by atoms with van der Waals surface area (Å²) in [6.45, 7) is 5.07. The molecule has 0 bridgehead atoms. The molecule has 5 unspecified atom stereocenters. The van der Waals surface area contributed by atoms with Gasteiger partial charge in [0.2, 0.25) is 17.7 Å². The number of nitrogens with two attached hydrogens (primary N) is 1. The number of para-hydroxylation sites is 1. The Kier molecular flexibility index (Phi) is 9.97. The molecule has 2 rings (SSSR count). The van der Waals surface area contributed by atoms with Gasteiger partial charge < -0.3 is 36.9 Å². The van der Waals surface area contributed by atoms with E-state index >= 15 is 0 Å². The van der Waals surface area contributed by atoms with E-state index in [4.69, 9.17) is 10.8 Å². The Labute approximate surface area is 208 Å². The Morgan fingerprint density at radius 3 is 2.17 bits per heavy atom. The topological polar surface area (TPSA) is 204 Å². The predicted molar refractivity (Wildman–Crippen MR) is 131 cm³/mol. The normalized spacial score (nSPS) is 15.2. The van der Waals surface area contributed by atoms with Crippen LogP contribution in [0.25, 0.3) is 10.9 Å². The number of amides is 3. The molecule has 0 saturated heterocycles. The maximum absolute atomic E-state index is 13.2. The molecule has 36 heavy (non-hydrogen) atoms. The summed E-state index contributed by atoms with van der Waals surface area (Å²) in [7, 11) is 0. The third-order valence-electron chi connectivity index (χ3n) is 5.93. The van der Waals surface area contributed by atoms with Gasteiger partial charge in [-0.2, -0.15) is 0 Å². The highest BCUT2D eigenvalue weighted by Crippen LogP contribution is 2.19. The zero-order valence-corrected chi connectivity index (χ0v) is 20.4. The SMILES string of the molecule is CCC(C)C(NC(=O)C(C)N)C(=O)NC(Cc1c[nH]c2ccccc12)C(=O)NC(CC(=O)O)C(=O)O. The van der Waals surface area contributed by atoms with Crippen molar-refractivity contribution in [3.8, 4) is 0 Å². The van der Waals surface area contributed by atoms with Crippen molar-refractivity contribution in [2.24, 2.45) is 11.7 Å². The quantitative estimate of drug-likeness (QED) is 0.199. The Morgan fingerprint density at radius 1 is 0.944 bits per heavy atom. The second-order valence-electron chi connectivity index (χ2n) is 8.78. The molecule has 3 amide bonds. The lowest BCUT2D eigenvalue weighted by Gasteiger charge is -2.27. The van der Waals surface area contributed by atoms with Crippen LogP contribution in [0.4, 0.5) is 0 Å². The molecule has 0 radical (unpaired) electrons. The van der Waals surface area contributed by atoms with Gasteiger partial charge in [-0.1, -0.05) is 38.5 Å². The number of hydrogen-bond acceptors (Lipinski definition) is 6. The van der Waals surface area contributed by atoms with Crippen molar-refractivity contribution >= 4 is 40.6 Å². The average molecular weight is 504 g/mol. The largest absolute Gasteiger partial charge is 0.481 e. The monoisotopic (exact) mass is 503 g/mol. The predicted octanol–water partition coefficient (Wildman–Crippen LogP) is 0.117. The molecule has 2 aromatic rings. The number of fused-ring (bicyclic) bond motifs is 1.